The Labute approximate surface area is 144 Å². The first-order chi connectivity index (χ1) is 11.5. The fourth-order valence-corrected chi connectivity index (χ4v) is 4.36. The van der Waals surface area contributed by atoms with E-state index in [0.717, 1.165) is 23.5 Å². The number of allylic oxidation sites excluding steroid dienone is 1. The molecule has 1 aromatic carbocycles. The molecule has 3 heteroatoms. The summed E-state index contributed by atoms with van der Waals surface area (Å²) in [7, 11) is 0. The maximum Gasteiger partial charge on any atom is 0.304 e. The summed E-state index contributed by atoms with van der Waals surface area (Å²) in [5.41, 5.74) is 2.54. The molecule has 3 rings (SSSR count). The van der Waals surface area contributed by atoms with Crippen molar-refractivity contribution in [3.05, 3.63) is 42.0 Å². The molecular weight excluding hydrogens is 300 g/mol. The van der Waals surface area contributed by atoms with Gasteiger partial charge in [-0.2, -0.15) is 0 Å². The van der Waals surface area contributed by atoms with Crippen LogP contribution in [0, 0.1) is 11.3 Å². The maximum absolute atomic E-state index is 11.0. The number of carbonyl (C=O) groups is 1. The highest BCUT2D eigenvalue weighted by Gasteiger charge is 2.43. The fourth-order valence-electron chi connectivity index (χ4n) is 4.36. The van der Waals surface area contributed by atoms with Crippen molar-refractivity contribution in [2.24, 2.45) is 11.3 Å². The van der Waals surface area contributed by atoms with Crippen LogP contribution in [0.5, 0.6) is 5.75 Å². The van der Waals surface area contributed by atoms with Crippen LogP contribution in [0.25, 0.3) is 0 Å². The first-order valence-corrected chi connectivity index (χ1v) is 9.07. The molecule has 2 aliphatic rings. The van der Waals surface area contributed by atoms with Gasteiger partial charge in [-0.3, -0.25) is 4.79 Å². The van der Waals surface area contributed by atoms with Gasteiger partial charge in [0.25, 0.3) is 0 Å². The molecule has 0 saturated heterocycles. The van der Waals surface area contributed by atoms with Crippen molar-refractivity contribution >= 4 is 5.97 Å². The van der Waals surface area contributed by atoms with Crippen LogP contribution < -0.4 is 4.74 Å². The van der Waals surface area contributed by atoms with Crippen molar-refractivity contribution in [1.82, 2.24) is 0 Å². The smallest absolute Gasteiger partial charge is 0.304 e. The summed E-state index contributed by atoms with van der Waals surface area (Å²) < 4.78 is 5.99. The summed E-state index contributed by atoms with van der Waals surface area (Å²) >= 11 is 0. The molecule has 1 unspecified atom stereocenters. The first kappa shape index (κ1) is 17.1. The van der Waals surface area contributed by atoms with E-state index in [1.807, 2.05) is 31.2 Å². The van der Waals surface area contributed by atoms with Gasteiger partial charge >= 0.3 is 5.97 Å². The number of rotatable bonds is 7. The van der Waals surface area contributed by atoms with Crippen LogP contribution in [0.4, 0.5) is 0 Å². The Balaban J connectivity index is 1.54. The molecule has 2 atom stereocenters. The van der Waals surface area contributed by atoms with Crippen LogP contribution in [-0.2, 0) is 4.79 Å². The molecule has 24 heavy (non-hydrogen) atoms. The molecule has 0 radical (unpaired) electrons. The second-order valence-electron chi connectivity index (χ2n) is 7.84. The lowest BCUT2D eigenvalue weighted by molar-refractivity contribution is -0.137. The monoisotopic (exact) mass is 328 g/mol. The predicted octanol–water partition coefficient (Wildman–Crippen LogP) is 5.17. The molecule has 2 saturated carbocycles. The van der Waals surface area contributed by atoms with Crippen molar-refractivity contribution in [2.45, 2.75) is 57.8 Å². The third kappa shape index (κ3) is 3.82. The van der Waals surface area contributed by atoms with Crippen molar-refractivity contribution in [3.8, 4) is 5.75 Å². The zero-order chi connectivity index (χ0) is 17.2. The Morgan fingerprint density at radius 1 is 1.33 bits per heavy atom. The van der Waals surface area contributed by atoms with Crippen molar-refractivity contribution in [2.75, 3.05) is 6.61 Å². The number of carboxylic acids is 1. The Morgan fingerprint density at radius 3 is 2.54 bits per heavy atom. The van der Waals surface area contributed by atoms with E-state index in [4.69, 9.17) is 9.84 Å². The third-order valence-corrected chi connectivity index (χ3v) is 5.96. The summed E-state index contributed by atoms with van der Waals surface area (Å²) in [4.78, 5) is 11.0. The van der Waals surface area contributed by atoms with Gasteiger partial charge in [0.15, 0.2) is 0 Å². The highest BCUT2D eigenvalue weighted by molar-refractivity contribution is 5.68. The lowest BCUT2D eigenvalue weighted by Crippen LogP contribution is -2.26. The number of hydrogen-bond acceptors (Lipinski definition) is 2. The summed E-state index contributed by atoms with van der Waals surface area (Å²) in [6.45, 7) is 6.62. The van der Waals surface area contributed by atoms with Crippen LogP contribution in [0.2, 0.25) is 0 Å². The van der Waals surface area contributed by atoms with Crippen molar-refractivity contribution < 1.29 is 14.6 Å². The summed E-state index contributed by atoms with van der Waals surface area (Å²) in [5, 5.41) is 9.06. The van der Waals surface area contributed by atoms with Gasteiger partial charge in [0.2, 0.25) is 0 Å². The van der Waals surface area contributed by atoms with Crippen molar-refractivity contribution in [1.29, 1.82) is 0 Å². The molecule has 1 spiro atoms. The van der Waals surface area contributed by atoms with Crippen LogP contribution in [-0.4, -0.2) is 17.7 Å². The molecule has 0 bridgehead atoms. The third-order valence-electron chi connectivity index (χ3n) is 5.96. The average molecular weight is 328 g/mol. The van der Waals surface area contributed by atoms with Crippen LogP contribution in [0.1, 0.15) is 63.4 Å². The van der Waals surface area contributed by atoms with Crippen LogP contribution in [0.3, 0.4) is 0 Å². The highest BCUT2D eigenvalue weighted by atomic mass is 16.5. The molecule has 0 heterocycles. The van der Waals surface area contributed by atoms with Gasteiger partial charge in [0, 0.05) is 5.92 Å². The van der Waals surface area contributed by atoms with E-state index in [1.54, 1.807) is 0 Å². The second kappa shape index (κ2) is 7.00. The van der Waals surface area contributed by atoms with Crippen molar-refractivity contribution in [3.63, 3.8) is 0 Å². The van der Waals surface area contributed by atoms with Gasteiger partial charge < -0.3 is 9.84 Å². The molecule has 0 aromatic heterocycles. The standard InChI is InChI=1S/C21H28O3/c1-15(2)19(12-20(22)23)17-4-6-18(7-5-17)24-14-16-8-11-21(13-16)9-3-10-21/h4-7,16,19H,1,3,8-14H2,2H3,(H,22,23)/t16?,19-/m1/s1. The lowest BCUT2D eigenvalue weighted by Gasteiger charge is -2.38. The van der Waals surface area contributed by atoms with Gasteiger partial charge in [0.05, 0.1) is 13.0 Å². The van der Waals surface area contributed by atoms with Gasteiger partial charge in [0.1, 0.15) is 5.75 Å². The van der Waals surface area contributed by atoms with E-state index < -0.39 is 5.97 Å². The fraction of sp³-hybridized carbons (Fsp3) is 0.571. The number of benzene rings is 1. The minimum Gasteiger partial charge on any atom is -0.493 e. The van der Waals surface area contributed by atoms with E-state index in [9.17, 15) is 4.79 Å². The van der Waals surface area contributed by atoms with E-state index in [2.05, 4.69) is 6.58 Å². The molecular formula is C21H28O3. The topological polar surface area (TPSA) is 46.5 Å². The minimum atomic E-state index is -0.797. The van der Waals surface area contributed by atoms with E-state index >= 15 is 0 Å². The summed E-state index contributed by atoms with van der Waals surface area (Å²) in [5.74, 6) is 0.642. The van der Waals surface area contributed by atoms with Crippen LogP contribution in [0.15, 0.2) is 36.4 Å². The van der Waals surface area contributed by atoms with Gasteiger partial charge in [-0.1, -0.05) is 30.7 Å². The average Bonchev–Trinajstić information content (AvgIpc) is 2.96. The molecule has 2 fully saturated rings. The van der Waals surface area contributed by atoms with Gasteiger partial charge in [-0.15, -0.1) is 0 Å². The number of aliphatic carboxylic acids is 1. The molecule has 130 valence electrons. The molecule has 0 aliphatic heterocycles. The van der Waals surface area contributed by atoms with E-state index in [1.165, 1.54) is 38.5 Å². The highest BCUT2D eigenvalue weighted by Crippen LogP contribution is 2.55. The largest absolute Gasteiger partial charge is 0.493 e. The SMILES string of the molecule is C=C(C)[C@@H](CC(=O)O)c1ccc(OCC2CCC3(CCC3)C2)cc1. The predicted molar refractivity (Wildman–Crippen MR) is 95.4 cm³/mol. The normalized spacial score (nSPS) is 22.8. The molecule has 2 aliphatic carbocycles. The Morgan fingerprint density at radius 2 is 2.04 bits per heavy atom. The molecule has 1 aromatic rings. The number of ether oxygens (including phenoxy) is 1. The lowest BCUT2D eigenvalue weighted by atomic mass is 9.67. The first-order valence-electron chi connectivity index (χ1n) is 9.07. The Bertz CT molecular complexity index is 598. The summed E-state index contributed by atoms with van der Waals surface area (Å²) in [6, 6.07) is 7.86. The quantitative estimate of drug-likeness (QED) is 0.702. The summed E-state index contributed by atoms with van der Waals surface area (Å²) in [6.07, 6.45) is 8.36. The zero-order valence-electron chi connectivity index (χ0n) is 14.6. The molecule has 1 N–H and O–H groups in total. The number of hydrogen-bond donors (Lipinski definition) is 1. The van der Waals surface area contributed by atoms with E-state index in [-0.39, 0.29) is 12.3 Å². The Kier molecular flexibility index (Phi) is 4.98. The van der Waals surface area contributed by atoms with E-state index in [0.29, 0.717) is 11.3 Å². The maximum atomic E-state index is 11.0. The number of carboxylic acid groups (broad SMARTS) is 1. The van der Waals surface area contributed by atoms with Gasteiger partial charge in [-0.25, -0.2) is 0 Å². The zero-order valence-corrected chi connectivity index (χ0v) is 14.6. The Hall–Kier alpha value is -1.77. The second-order valence-corrected chi connectivity index (χ2v) is 7.84. The van der Waals surface area contributed by atoms with Gasteiger partial charge in [-0.05, 0) is 68.1 Å². The molecule has 0 amide bonds. The minimum absolute atomic E-state index is 0.0830. The molecule has 3 nitrogen and oxygen atoms in total. The van der Waals surface area contributed by atoms with Crippen LogP contribution >= 0.6 is 0 Å².